The van der Waals surface area contributed by atoms with Gasteiger partial charge in [0, 0.05) is 18.7 Å². The maximum absolute atomic E-state index is 14.3. The zero-order chi connectivity index (χ0) is 21.9. The lowest BCUT2D eigenvalue weighted by atomic mass is 10.2. The monoisotopic (exact) mass is 480 g/mol. The van der Waals surface area contributed by atoms with Gasteiger partial charge in [0.1, 0.15) is 10.7 Å². The first-order valence-electron chi connectivity index (χ1n) is 8.62. The van der Waals surface area contributed by atoms with Crippen LogP contribution in [0, 0.1) is 5.82 Å². The molecule has 162 valence electrons. The van der Waals surface area contributed by atoms with E-state index < -0.39 is 32.4 Å². The van der Waals surface area contributed by atoms with Crippen LogP contribution in [0.1, 0.15) is 10.4 Å². The van der Waals surface area contributed by atoms with E-state index in [-0.39, 0.29) is 59.2 Å². The zero-order valence-corrected chi connectivity index (χ0v) is 17.7. The summed E-state index contributed by atoms with van der Waals surface area (Å²) in [6.07, 6.45) is 0. The minimum atomic E-state index is -4.18. The molecular weight excluding hydrogens is 465 g/mol. The van der Waals surface area contributed by atoms with Gasteiger partial charge in [-0.05, 0) is 30.3 Å². The Morgan fingerprint density at radius 3 is 2.57 bits per heavy atom. The number of benzene rings is 2. The number of nitrogens with one attached hydrogen (secondary N) is 1. The first-order valence-corrected chi connectivity index (χ1v) is 11.3. The lowest BCUT2D eigenvalue weighted by Gasteiger charge is -2.26. The highest BCUT2D eigenvalue weighted by Gasteiger charge is 2.30. The van der Waals surface area contributed by atoms with Crippen LogP contribution in [0.5, 0.6) is 0 Å². The second-order valence-corrected chi connectivity index (χ2v) is 9.42. The van der Waals surface area contributed by atoms with E-state index in [0.717, 1.165) is 22.5 Å². The number of halogens is 4. The summed E-state index contributed by atoms with van der Waals surface area (Å²) in [4.78, 5) is 11.9. The molecule has 0 aliphatic carbocycles. The third-order valence-corrected chi connectivity index (χ3v) is 7.40. The largest absolute Gasteiger partial charge is 0.379 e. The molecule has 0 bridgehead atoms. The maximum Gasteiger partial charge on any atom is 0.289 e. The molecule has 1 aliphatic rings. The van der Waals surface area contributed by atoms with Gasteiger partial charge in [0.05, 0.1) is 28.8 Å². The zero-order valence-electron chi connectivity index (χ0n) is 15.3. The highest BCUT2D eigenvalue weighted by molar-refractivity contribution is 7.99. The number of anilines is 1. The number of rotatable bonds is 6. The van der Waals surface area contributed by atoms with Crippen molar-refractivity contribution in [1.82, 2.24) is 4.31 Å². The number of hydrogen-bond acceptors (Lipinski definition) is 5. The van der Waals surface area contributed by atoms with Gasteiger partial charge in [-0.25, -0.2) is 12.8 Å². The number of ether oxygens (including phenoxy) is 1. The molecule has 1 aliphatic heterocycles. The van der Waals surface area contributed by atoms with Gasteiger partial charge in [0.25, 0.3) is 11.7 Å². The van der Waals surface area contributed by atoms with E-state index in [4.69, 9.17) is 16.3 Å². The van der Waals surface area contributed by atoms with Crippen LogP contribution in [-0.4, -0.2) is 50.7 Å². The summed E-state index contributed by atoms with van der Waals surface area (Å²) in [5, 5.41) is 2.44. The van der Waals surface area contributed by atoms with E-state index in [9.17, 15) is 26.4 Å². The van der Waals surface area contributed by atoms with Gasteiger partial charge >= 0.3 is 0 Å². The average molecular weight is 481 g/mol. The van der Waals surface area contributed by atoms with E-state index in [1.54, 1.807) is 0 Å². The minimum Gasteiger partial charge on any atom is -0.379 e. The second-order valence-electron chi connectivity index (χ2n) is 6.11. The molecule has 1 heterocycles. The number of carbonyl (C=O) groups is 1. The Morgan fingerprint density at radius 2 is 1.90 bits per heavy atom. The number of alkyl halides is 2. The van der Waals surface area contributed by atoms with Crippen LogP contribution in [0.2, 0.25) is 5.02 Å². The smallest absolute Gasteiger partial charge is 0.289 e. The summed E-state index contributed by atoms with van der Waals surface area (Å²) in [6, 6.07) is 7.13. The summed E-state index contributed by atoms with van der Waals surface area (Å²) in [5.41, 5.74) is -0.129. The number of hydrogen-bond donors (Lipinski definition) is 1. The van der Waals surface area contributed by atoms with Crippen LogP contribution < -0.4 is 5.32 Å². The number of carbonyl (C=O) groups excluding carboxylic acids is 1. The fourth-order valence-corrected chi connectivity index (χ4v) is 5.19. The van der Waals surface area contributed by atoms with E-state index in [1.807, 2.05) is 0 Å². The van der Waals surface area contributed by atoms with E-state index in [0.29, 0.717) is 0 Å². The Hall–Kier alpha value is -1.79. The van der Waals surface area contributed by atoms with Crippen molar-refractivity contribution in [2.24, 2.45) is 0 Å². The Morgan fingerprint density at radius 1 is 1.20 bits per heavy atom. The number of sulfonamides is 1. The molecule has 1 saturated heterocycles. The molecule has 0 saturated carbocycles. The molecule has 6 nitrogen and oxygen atoms in total. The van der Waals surface area contributed by atoms with Crippen molar-refractivity contribution in [2.75, 3.05) is 31.6 Å². The lowest BCUT2D eigenvalue weighted by Crippen LogP contribution is -2.41. The van der Waals surface area contributed by atoms with Crippen LogP contribution in [0.25, 0.3) is 0 Å². The molecule has 0 aromatic heterocycles. The predicted molar refractivity (Wildman–Crippen MR) is 107 cm³/mol. The quantitative estimate of drug-likeness (QED) is 0.631. The summed E-state index contributed by atoms with van der Waals surface area (Å²) in [6.45, 7) is 0.491. The average Bonchev–Trinajstić information content (AvgIpc) is 2.71. The van der Waals surface area contributed by atoms with Gasteiger partial charge in [-0.1, -0.05) is 29.4 Å². The van der Waals surface area contributed by atoms with E-state index in [1.165, 1.54) is 18.2 Å². The Labute approximate surface area is 180 Å². The molecule has 12 heteroatoms. The molecular formula is C18H16ClF3N2O4S2. The SMILES string of the molecule is O=C(Nc1cccc(Cl)c1SC(F)F)c1ccc(F)c(S(=O)(=O)N2CCOCC2)c1. The van der Waals surface area contributed by atoms with Gasteiger partial charge in [-0.15, -0.1) is 0 Å². The number of nitrogens with zero attached hydrogens (tertiary/aromatic N) is 1. The highest BCUT2D eigenvalue weighted by Crippen LogP contribution is 2.37. The van der Waals surface area contributed by atoms with Crippen LogP contribution in [0.3, 0.4) is 0 Å². The molecule has 1 amide bonds. The molecule has 3 rings (SSSR count). The van der Waals surface area contributed by atoms with Crippen molar-refractivity contribution in [3.63, 3.8) is 0 Å². The number of amides is 1. The van der Waals surface area contributed by atoms with Gasteiger partial charge in [-0.3, -0.25) is 4.79 Å². The van der Waals surface area contributed by atoms with Crippen LogP contribution in [-0.2, 0) is 14.8 Å². The minimum absolute atomic E-state index is 0.0211. The Kier molecular flexibility index (Phi) is 7.30. The summed E-state index contributed by atoms with van der Waals surface area (Å²) in [7, 11) is -4.18. The standard InChI is InChI=1S/C18H16ClF3N2O4S2/c19-12-2-1-3-14(16(12)29-18(21)22)23-17(25)11-4-5-13(20)15(10-11)30(26,27)24-6-8-28-9-7-24/h1-5,10,18H,6-9H2,(H,23,25). The van der Waals surface area contributed by atoms with Crippen molar-refractivity contribution < 1.29 is 31.1 Å². The molecule has 2 aromatic rings. The molecule has 2 aromatic carbocycles. The van der Waals surface area contributed by atoms with Crippen molar-refractivity contribution in [1.29, 1.82) is 0 Å². The Balaban J connectivity index is 1.90. The Bertz CT molecular complexity index is 1050. The third-order valence-electron chi connectivity index (χ3n) is 4.20. The maximum atomic E-state index is 14.3. The van der Waals surface area contributed by atoms with Crippen molar-refractivity contribution in [3.05, 3.63) is 52.8 Å². The molecule has 30 heavy (non-hydrogen) atoms. The molecule has 0 spiro atoms. The summed E-state index contributed by atoms with van der Waals surface area (Å²) >= 11 is 6.11. The molecule has 0 atom stereocenters. The number of thioether (sulfide) groups is 1. The topological polar surface area (TPSA) is 75.7 Å². The predicted octanol–water partition coefficient (Wildman–Crippen LogP) is 4.07. The number of morpholine rings is 1. The van der Waals surface area contributed by atoms with Crippen molar-refractivity contribution >= 4 is 45.0 Å². The fourth-order valence-electron chi connectivity index (χ4n) is 2.78. The molecule has 1 N–H and O–H groups in total. The molecule has 1 fully saturated rings. The van der Waals surface area contributed by atoms with Crippen LogP contribution >= 0.6 is 23.4 Å². The lowest BCUT2D eigenvalue weighted by molar-refractivity contribution is 0.0729. The third kappa shape index (κ3) is 5.09. The summed E-state index contributed by atoms with van der Waals surface area (Å²) < 4.78 is 71.6. The van der Waals surface area contributed by atoms with Crippen molar-refractivity contribution in [3.8, 4) is 0 Å². The first kappa shape index (κ1) is 22.9. The van der Waals surface area contributed by atoms with E-state index >= 15 is 0 Å². The van der Waals surface area contributed by atoms with Crippen LogP contribution in [0.15, 0.2) is 46.2 Å². The van der Waals surface area contributed by atoms with Crippen LogP contribution in [0.4, 0.5) is 18.9 Å². The normalized spacial score (nSPS) is 15.4. The van der Waals surface area contributed by atoms with Gasteiger partial charge in [-0.2, -0.15) is 13.1 Å². The fraction of sp³-hybridized carbons (Fsp3) is 0.278. The van der Waals surface area contributed by atoms with Gasteiger partial charge in [0.2, 0.25) is 10.0 Å². The first-order chi connectivity index (χ1) is 14.2. The summed E-state index contributed by atoms with van der Waals surface area (Å²) in [5.74, 6) is -4.57. The highest BCUT2D eigenvalue weighted by atomic mass is 35.5. The molecule has 0 unspecified atom stereocenters. The second kappa shape index (κ2) is 9.56. The van der Waals surface area contributed by atoms with Gasteiger partial charge in [0.15, 0.2) is 0 Å². The van der Waals surface area contributed by atoms with Gasteiger partial charge < -0.3 is 10.1 Å². The van der Waals surface area contributed by atoms with E-state index in [2.05, 4.69) is 5.32 Å². The van der Waals surface area contributed by atoms with Crippen molar-refractivity contribution in [2.45, 2.75) is 15.5 Å². The molecule has 0 radical (unpaired) electrons.